The third kappa shape index (κ3) is 3.69. The molecule has 1 atom stereocenters. The van der Waals surface area contributed by atoms with Gasteiger partial charge in [-0.05, 0) is 30.7 Å². The number of benzene rings is 2. The Morgan fingerprint density at radius 1 is 1.26 bits per heavy atom. The average Bonchev–Trinajstić information content (AvgIpc) is 2.68. The molecular weight excluding hydrogens is 366 g/mol. The number of para-hydroxylation sites is 1. The molecule has 0 bridgehead atoms. The lowest BCUT2D eigenvalue weighted by Gasteiger charge is -2.36. The van der Waals surface area contributed by atoms with Gasteiger partial charge in [0.2, 0.25) is 15.9 Å². The number of piperazine rings is 1. The van der Waals surface area contributed by atoms with E-state index in [0.29, 0.717) is 30.9 Å². The van der Waals surface area contributed by atoms with Gasteiger partial charge in [0.05, 0.1) is 18.0 Å². The largest absolute Gasteiger partial charge is 0.496 e. The van der Waals surface area contributed by atoms with E-state index in [9.17, 15) is 13.2 Å². The molecule has 144 valence electrons. The zero-order valence-corrected chi connectivity index (χ0v) is 16.1. The van der Waals surface area contributed by atoms with Crippen LogP contribution in [0.3, 0.4) is 0 Å². The predicted octanol–water partition coefficient (Wildman–Crippen LogP) is 1.44. The molecule has 3 rings (SSSR count). The van der Waals surface area contributed by atoms with Gasteiger partial charge in [0, 0.05) is 30.8 Å². The Morgan fingerprint density at radius 3 is 2.70 bits per heavy atom. The van der Waals surface area contributed by atoms with Crippen molar-refractivity contribution in [2.24, 2.45) is 5.73 Å². The van der Waals surface area contributed by atoms with Crippen LogP contribution in [0.15, 0.2) is 47.4 Å². The second kappa shape index (κ2) is 7.67. The molecule has 1 aliphatic heterocycles. The van der Waals surface area contributed by atoms with Crippen LogP contribution in [0.25, 0.3) is 0 Å². The quantitative estimate of drug-likeness (QED) is 0.806. The molecule has 1 heterocycles. The topological polar surface area (TPSA) is 102 Å². The molecule has 1 amide bonds. The van der Waals surface area contributed by atoms with Crippen molar-refractivity contribution >= 4 is 15.9 Å². The molecule has 0 saturated carbocycles. The first kappa shape index (κ1) is 19.3. The Bertz CT molecular complexity index is 959. The minimum Gasteiger partial charge on any atom is -0.496 e. The molecular formula is C19H23N3O4S. The minimum absolute atomic E-state index is 0.0590. The van der Waals surface area contributed by atoms with E-state index >= 15 is 0 Å². The molecule has 0 radical (unpaired) electrons. The van der Waals surface area contributed by atoms with Crippen LogP contribution >= 0.6 is 0 Å². The number of sulfonamides is 1. The Kier molecular flexibility index (Phi) is 5.50. The van der Waals surface area contributed by atoms with E-state index in [1.807, 2.05) is 24.3 Å². The molecule has 1 fully saturated rings. The summed E-state index contributed by atoms with van der Waals surface area (Å²) in [6.07, 6.45) is 0. The van der Waals surface area contributed by atoms with Crippen molar-refractivity contribution in [1.82, 2.24) is 9.62 Å². The summed E-state index contributed by atoms with van der Waals surface area (Å²) in [6, 6.07) is 11.4. The standard InChI is InChI=1S/C19H23N3O4S/c1-13-7-8-14(11-16(13)19(20)23)27(24,25)22-10-9-21-12-17(22)15-5-3-4-6-18(15)26-2/h3-8,11,17,21H,9-10,12H2,1-2H3,(H2,20,23). The predicted molar refractivity (Wildman–Crippen MR) is 102 cm³/mol. The highest BCUT2D eigenvalue weighted by Crippen LogP contribution is 2.34. The van der Waals surface area contributed by atoms with Crippen molar-refractivity contribution in [3.8, 4) is 5.75 Å². The maximum Gasteiger partial charge on any atom is 0.249 e. The first-order valence-electron chi connectivity index (χ1n) is 8.62. The molecule has 27 heavy (non-hydrogen) atoms. The number of nitrogens with one attached hydrogen (secondary N) is 1. The van der Waals surface area contributed by atoms with E-state index in [1.54, 1.807) is 20.1 Å². The van der Waals surface area contributed by atoms with E-state index < -0.39 is 22.0 Å². The number of primary amides is 1. The second-order valence-corrected chi connectivity index (χ2v) is 8.31. The molecule has 8 heteroatoms. The SMILES string of the molecule is COc1ccccc1C1CNCCN1S(=O)(=O)c1ccc(C)c(C(N)=O)c1. The van der Waals surface area contributed by atoms with Gasteiger partial charge in [0.15, 0.2) is 0 Å². The van der Waals surface area contributed by atoms with Gasteiger partial charge >= 0.3 is 0 Å². The number of nitrogens with zero attached hydrogens (tertiary/aromatic N) is 1. The highest BCUT2D eigenvalue weighted by atomic mass is 32.2. The van der Waals surface area contributed by atoms with Crippen LogP contribution < -0.4 is 15.8 Å². The van der Waals surface area contributed by atoms with Gasteiger partial charge in [-0.2, -0.15) is 4.31 Å². The molecule has 2 aromatic carbocycles. The fourth-order valence-electron chi connectivity index (χ4n) is 3.34. The van der Waals surface area contributed by atoms with Crippen molar-refractivity contribution in [2.45, 2.75) is 17.9 Å². The molecule has 1 saturated heterocycles. The molecule has 3 N–H and O–H groups in total. The number of carbonyl (C=O) groups excluding carboxylic acids is 1. The van der Waals surface area contributed by atoms with Crippen molar-refractivity contribution in [3.63, 3.8) is 0 Å². The Labute approximate surface area is 159 Å². The van der Waals surface area contributed by atoms with E-state index in [2.05, 4.69) is 5.32 Å². The fourth-order valence-corrected chi connectivity index (χ4v) is 4.97. The Hall–Kier alpha value is -2.42. The third-order valence-corrected chi connectivity index (χ3v) is 6.68. The summed E-state index contributed by atoms with van der Waals surface area (Å²) in [5.74, 6) is -0.0146. The Morgan fingerprint density at radius 2 is 2.00 bits per heavy atom. The van der Waals surface area contributed by atoms with E-state index in [4.69, 9.17) is 10.5 Å². The number of nitrogens with two attached hydrogens (primary N) is 1. The molecule has 1 unspecified atom stereocenters. The van der Waals surface area contributed by atoms with Gasteiger partial charge in [-0.25, -0.2) is 8.42 Å². The van der Waals surface area contributed by atoms with Crippen molar-refractivity contribution < 1.29 is 17.9 Å². The van der Waals surface area contributed by atoms with E-state index in [1.165, 1.54) is 16.4 Å². The van der Waals surface area contributed by atoms with Crippen LogP contribution in [0.1, 0.15) is 27.5 Å². The van der Waals surface area contributed by atoms with Crippen LogP contribution in [0.2, 0.25) is 0 Å². The maximum absolute atomic E-state index is 13.4. The van der Waals surface area contributed by atoms with Gasteiger partial charge in [-0.3, -0.25) is 4.79 Å². The molecule has 2 aromatic rings. The lowest BCUT2D eigenvalue weighted by atomic mass is 10.0. The first-order valence-corrected chi connectivity index (χ1v) is 10.1. The van der Waals surface area contributed by atoms with Crippen molar-refractivity contribution in [3.05, 3.63) is 59.2 Å². The van der Waals surface area contributed by atoms with E-state index in [-0.39, 0.29) is 10.5 Å². The van der Waals surface area contributed by atoms with Gasteiger partial charge in [-0.1, -0.05) is 24.3 Å². The number of ether oxygens (including phenoxy) is 1. The average molecular weight is 389 g/mol. The zero-order chi connectivity index (χ0) is 19.6. The summed E-state index contributed by atoms with van der Waals surface area (Å²) < 4.78 is 33.6. The highest BCUT2D eigenvalue weighted by Gasteiger charge is 2.36. The first-order chi connectivity index (χ1) is 12.9. The van der Waals surface area contributed by atoms with Crippen LogP contribution in [0.4, 0.5) is 0 Å². The Balaban J connectivity index is 2.06. The molecule has 0 spiro atoms. The van der Waals surface area contributed by atoms with Crippen molar-refractivity contribution in [1.29, 1.82) is 0 Å². The molecule has 0 aliphatic carbocycles. The summed E-state index contributed by atoms with van der Waals surface area (Å²) in [7, 11) is -2.26. The summed E-state index contributed by atoms with van der Waals surface area (Å²) in [6.45, 7) is 3.04. The van der Waals surface area contributed by atoms with Gasteiger partial charge in [0.1, 0.15) is 5.75 Å². The van der Waals surface area contributed by atoms with Crippen molar-refractivity contribution in [2.75, 3.05) is 26.7 Å². The molecule has 1 aliphatic rings. The van der Waals surface area contributed by atoms with Crippen LogP contribution in [0.5, 0.6) is 5.75 Å². The van der Waals surface area contributed by atoms with Gasteiger partial charge < -0.3 is 15.8 Å². The summed E-state index contributed by atoms with van der Waals surface area (Å²) in [5, 5.41) is 3.24. The number of aryl methyl sites for hydroxylation is 1. The highest BCUT2D eigenvalue weighted by molar-refractivity contribution is 7.89. The monoisotopic (exact) mass is 389 g/mol. The van der Waals surface area contributed by atoms with Crippen LogP contribution in [0, 0.1) is 6.92 Å². The third-order valence-electron chi connectivity index (χ3n) is 4.77. The number of rotatable bonds is 5. The van der Waals surface area contributed by atoms with Crippen LogP contribution in [-0.2, 0) is 10.0 Å². The number of hydrogen-bond acceptors (Lipinski definition) is 5. The molecule has 7 nitrogen and oxygen atoms in total. The second-order valence-electron chi connectivity index (χ2n) is 6.42. The number of methoxy groups -OCH3 is 1. The summed E-state index contributed by atoms with van der Waals surface area (Å²) in [5.41, 5.74) is 7.03. The smallest absolute Gasteiger partial charge is 0.249 e. The summed E-state index contributed by atoms with van der Waals surface area (Å²) in [4.78, 5) is 11.7. The lowest BCUT2D eigenvalue weighted by molar-refractivity contribution is 0.0999. The normalized spacial score (nSPS) is 18.2. The maximum atomic E-state index is 13.4. The molecule has 0 aromatic heterocycles. The fraction of sp³-hybridized carbons (Fsp3) is 0.316. The number of amides is 1. The number of carbonyl (C=O) groups is 1. The van der Waals surface area contributed by atoms with Gasteiger partial charge in [-0.15, -0.1) is 0 Å². The minimum atomic E-state index is -3.83. The van der Waals surface area contributed by atoms with Crippen LogP contribution in [-0.4, -0.2) is 45.4 Å². The summed E-state index contributed by atoms with van der Waals surface area (Å²) >= 11 is 0. The number of hydrogen-bond donors (Lipinski definition) is 2. The van der Waals surface area contributed by atoms with E-state index in [0.717, 1.165) is 5.56 Å². The lowest BCUT2D eigenvalue weighted by Crippen LogP contribution is -2.48. The van der Waals surface area contributed by atoms with Gasteiger partial charge in [0.25, 0.3) is 0 Å². The zero-order valence-electron chi connectivity index (χ0n) is 15.3.